The van der Waals surface area contributed by atoms with Crippen LogP contribution in [0.15, 0.2) is 77.4 Å². The first-order valence-electron chi connectivity index (χ1n) is 8.32. The fraction of sp³-hybridized carbons (Fsp3) is 0.0952. The number of nitriles is 1. The SMILES string of the molecule is CC1=C(C(=O)c2ccccc2)C2(C(=O)Nc3ccccc32)C(C#N)=C(N)O1. The van der Waals surface area contributed by atoms with Gasteiger partial charge in [0.1, 0.15) is 22.8 Å². The molecular weight excluding hydrogens is 342 g/mol. The van der Waals surface area contributed by atoms with E-state index in [4.69, 9.17) is 10.5 Å². The second-order valence-corrected chi connectivity index (χ2v) is 6.33. The largest absolute Gasteiger partial charge is 0.445 e. The van der Waals surface area contributed by atoms with Crippen LogP contribution in [0.1, 0.15) is 22.8 Å². The highest BCUT2D eigenvalue weighted by atomic mass is 16.5. The molecule has 1 atom stereocenters. The molecule has 0 saturated carbocycles. The lowest BCUT2D eigenvalue weighted by atomic mass is 9.66. The molecule has 2 aromatic rings. The molecule has 1 spiro atoms. The van der Waals surface area contributed by atoms with E-state index in [0.717, 1.165) is 0 Å². The highest BCUT2D eigenvalue weighted by molar-refractivity contribution is 6.22. The Morgan fingerprint density at radius 1 is 1.15 bits per heavy atom. The lowest BCUT2D eigenvalue weighted by molar-refractivity contribution is -0.118. The summed E-state index contributed by atoms with van der Waals surface area (Å²) in [5.74, 6) is -0.857. The Morgan fingerprint density at radius 3 is 2.52 bits per heavy atom. The van der Waals surface area contributed by atoms with Gasteiger partial charge in [0.05, 0.1) is 5.57 Å². The second-order valence-electron chi connectivity index (χ2n) is 6.33. The third kappa shape index (κ3) is 2.12. The number of nitrogens with zero attached hydrogens (tertiary/aromatic N) is 1. The highest BCUT2D eigenvalue weighted by Crippen LogP contribution is 2.52. The van der Waals surface area contributed by atoms with Crippen LogP contribution < -0.4 is 11.1 Å². The normalized spacial score (nSPS) is 20.8. The van der Waals surface area contributed by atoms with Crippen molar-refractivity contribution in [2.24, 2.45) is 5.73 Å². The molecule has 1 unspecified atom stereocenters. The number of hydrogen-bond donors (Lipinski definition) is 2. The van der Waals surface area contributed by atoms with Crippen molar-refractivity contribution < 1.29 is 14.3 Å². The summed E-state index contributed by atoms with van der Waals surface area (Å²) in [6, 6.07) is 17.5. The van der Waals surface area contributed by atoms with Gasteiger partial charge in [-0.15, -0.1) is 0 Å². The van der Waals surface area contributed by atoms with E-state index in [9.17, 15) is 14.9 Å². The van der Waals surface area contributed by atoms with Gasteiger partial charge in [-0.3, -0.25) is 9.59 Å². The van der Waals surface area contributed by atoms with Crippen molar-refractivity contribution in [1.29, 1.82) is 5.26 Å². The lowest BCUT2D eigenvalue weighted by Gasteiger charge is -2.34. The predicted octanol–water partition coefficient (Wildman–Crippen LogP) is 2.76. The number of carbonyl (C=O) groups excluding carboxylic acids is 2. The number of Topliss-reactive ketones (excluding diaryl/α,β-unsaturated/α-hetero) is 1. The molecule has 27 heavy (non-hydrogen) atoms. The maximum atomic E-state index is 13.4. The van der Waals surface area contributed by atoms with Crippen LogP contribution in [0.2, 0.25) is 0 Å². The summed E-state index contributed by atoms with van der Waals surface area (Å²) in [5, 5.41) is 12.6. The van der Waals surface area contributed by atoms with E-state index in [1.807, 2.05) is 6.07 Å². The molecule has 2 heterocycles. The molecule has 2 aromatic carbocycles. The average molecular weight is 357 g/mol. The first-order valence-corrected chi connectivity index (χ1v) is 8.32. The molecule has 2 aliphatic heterocycles. The van der Waals surface area contributed by atoms with E-state index in [0.29, 0.717) is 16.8 Å². The quantitative estimate of drug-likeness (QED) is 0.804. The third-order valence-corrected chi connectivity index (χ3v) is 4.91. The number of ether oxygens (including phenoxy) is 1. The fourth-order valence-corrected chi connectivity index (χ4v) is 3.80. The van der Waals surface area contributed by atoms with Crippen molar-refractivity contribution in [2.45, 2.75) is 12.3 Å². The Morgan fingerprint density at radius 2 is 1.81 bits per heavy atom. The number of nitrogens with two attached hydrogens (primary N) is 1. The molecule has 3 N–H and O–H groups in total. The van der Waals surface area contributed by atoms with Crippen molar-refractivity contribution >= 4 is 17.4 Å². The summed E-state index contributed by atoms with van der Waals surface area (Å²) in [5.41, 5.74) is 5.78. The molecule has 6 nitrogen and oxygen atoms in total. The number of nitrogens with one attached hydrogen (secondary N) is 1. The molecule has 1 amide bonds. The highest BCUT2D eigenvalue weighted by Gasteiger charge is 2.59. The van der Waals surface area contributed by atoms with Crippen LogP contribution in [0.5, 0.6) is 0 Å². The molecule has 0 aliphatic carbocycles. The summed E-state index contributed by atoms with van der Waals surface area (Å²) in [7, 11) is 0. The number of amides is 1. The van der Waals surface area contributed by atoms with Crippen molar-refractivity contribution in [3.8, 4) is 6.07 Å². The Hall–Kier alpha value is -3.85. The van der Waals surface area contributed by atoms with Crippen LogP contribution in [0.4, 0.5) is 5.69 Å². The fourth-order valence-electron chi connectivity index (χ4n) is 3.80. The first-order chi connectivity index (χ1) is 13.0. The van der Waals surface area contributed by atoms with Crippen LogP contribution in [0, 0.1) is 11.3 Å². The van der Waals surface area contributed by atoms with Gasteiger partial charge in [0.15, 0.2) is 5.78 Å². The molecular formula is C21H15N3O3. The van der Waals surface area contributed by atoms with E-state index in [-0.39, 0.29) is 28.6 Å². The summed E-state index contributed by atoms with van der Waals surface area (Å²) < 4.78 is 5.51. The van der Waals surface area contributed by atoms with Crippen molar-refractivity contribution in [3.63, 3.8) is 0 Å². The maximum Gasteiger partial charge on any atom is 0.245 e. The van der Waals surface area contributed by atoms with E-state index in [2.05, 4.69) is 5.32 Å². The second kappa shape index (κ2) is 5.85. The van der Waals surface area contributed by atoms with Gasteiger partial charge in [-0.05, 0) is 13.0 Å². The Kier molecular flexibility index (Phi) is 3.60. The molecule has 132 valence electrons. The van der Waals surface area contributed by atoms with E-state index in [1.54, 1.807) is 61.5 Å². The number of anilines is 1. The van der Waals surface area contributed by atoms with Crippen LogP contribution in [-0.4, -0.2) is 11.7 Å². The summed E-state index contributed by atoms with van der Waals surface area (Å²) in [6.07, 6.45) is 0. The van der Waals surface area contributed by atoms with Crippen molar-refractivity contribution in [2.75, 3.05) is 5.32 Å². The van der Waals surface area contributed by atoms with Gasteiger partial charge in [0.25, 0.3) is 0 Å². The van der Waals surface area contributed by atoms with Crippen molar-refractivity contribution in [3.05, 3.63) is 88.5 Å². The standard InChI is InChI=1S/C21H15N3O3/c1-12-17(18(25)13-7-3-2-4-8-13)21(15(11-22)19(23)27-12)14-9-5-6-10-16(14)24-20(21)26/h2-10H,23H2,1H3,(H,24,26). The van der Waals surface area contributed by atoms with Crippen LogP contribution >= 0.6 is 0 Å². The predicted molar refractivity (Wildman–Crippen MR) is 98.1 cm³/mol. The van der Waals surface area contributed by atoms with Gasteiger partial charge < -0.3 is 15.8 Å². The van der Waals surface area contributed by atoms with Gasteiger partial charge in [-0.2, -0.15) is 5.26 Å². The molecule has 0 fully saturated rings. The zero-order valence-corrected chi connectivity index (χ0v) is 14.4. The van der Waals surface area contributed by atoms with Crippen LogP contribution in [-0.2, 0) is 14.9 Å². The molecule has 0 radical (unpaired) electrons. The van der Waals surface area contributed by atoms with Crippen molar-refractivity contribution in [1.82, 2.24) is 0 Å². The van der Waals surface area contributed by atoms with Gasteiger partial charge >= 0.3 is 0 Å². The Bertz CT molecular complexity index is 1090. The molecule has 2 aliphatic rings. The molecule has 6 heteroatoms. The number of benzene rings is 2. The Labute approximate surface area is 155 Å². The number of fused-ring (bicyclic) bond motifs is 2. The van der Waals surface area contributed by atoms with Gasteiger partial charge in [-0.25, -0.2) is 0 Å². The van der Waals surface area contributed by atoms with Crippen LogP contribution in [0.25, 0.3) is 0 Å². The number of hydrogen-bond acceptors (Lipinski definition) is 5. The Balaban J connectivity index is 2.06. The smallest absolute Gasteiger partial charge is 0.245 e. The minimum Gasteiger partial charge on any atom is -0.445 e. The van der Waals surface area contributed by atoms with E-state index >= 15 is 0 Å². The average Bonchev–Trinajstić information content (AvgIpc) is 2.95. The molecule has 4 rings (SSSR count). The number of ketones is 1. The van der Waals surface area contributed by atoms with Gasteiger partial charge in [0, 0.05) is 16.8 Å². The maximum absolute atomic E-state index is 13.4. The number of rotatable bonds is 2. The number of para-hydroxylation sites is 1. The zero-order valence-electron chi connectivity index (χ0n) is 14.4. The van der Waals surface area contributed by atoms with Crippen LogP contribution in [0.3, 0.4) is 0 Å². The first kappa shape index (κ1) is 16.6. The number of allylic oxidation sites excluding steroid dienone is 1. The molecule has 0 aromatic heterocycles. The third-order valence-electron chi connectivity index (χ3n) is 4.91. The lowest BCUT2D eigenvalue weighted by Crippen LogP contribution is -2.45. The summed E-state index contributed by atoms with van der Waals surface area (Å²) in [6.45, 7) is 1.58. The molecule has 0 saturated heterocycles. The summed E-state index contributed by atoms with van der Waals surface area (Å²) >= 11 is 0. The number of carbonyl (C=O) groups is 2. The summed E-state index contributed by atoms with van der Waals surface area (Å²) in [4.78, 5) is 26.6. The van der Waals surface area contributed by atoms with E-state index < -0.39 is 11.3 Å². The van der Waals surface area contributed by atoms with Gasteiger partial charge in [0.2, 0.25) is 11.8 Å². The van der Waals surface area contributed by atoms with E-state index in [1.165, 1.54) is 0 Å². The zero-order chi connectivity index (χ0) is 19.2. The minimum atomic E-state index is -1.63. The molecule has 0 bridgehead atoms. The topological polar surface area (TPSA) is 105 Å². The van der Waals surface area contributed by atoms with Gasteiger partial charge in [-0.1, -0.05) is 48.5 Å². The minimum absolute atomic E-state index is 0.0881. The monoisotopic (exact) mass is 357 g/mol.